The Balaban J connectivity index is 3.22. The Kier molecular flexibility index (Phi) is 3.66. The Labute approximate surface area is 102 Å². The molecular formula is C13H19NO3. The predicted molar refractivity (Wildman–Crippen MR) is 66.5 cm³/mol. The molecule has 0 atom stereocenters. The maximum absolute atomic E-state index is 12.0. The first kappa shape index (κ1) is 13.4. The van der Waals surface area contributed by atoms with Gasteiger partial charge in [0.25, 0.3) is 5.91 Å². The van der Waals surface area contributed by atoms with Crippen LogP contribution in [0.5, 0.6) is 11.5 Å². The standard InChI is InChI=1S/C13H19NO3/c1-13(2,3)17-10-8-6-7-9(15)11(10)12(16)14(4)5/h6-8,15H,1-5H3. The van der Waals surface area contributed by atoms with E-state index in [4.69, 9.17) is 4.74 Å². The highest BCUT2D eigenvalue weighted by Gasteiger charge is 2.22. The number of ether oxygens (including phenoxy) is 1. The zero-order valence-corrected chi connectivity index (χ0v) is 10.9. The van der Waals surface area contributed by atoms with E-state index in [1.54, 1.807) is 26.2 Å². The van der Waals surface area contributed by atoms with Crippen LogP contribution in [-0.2, 0) is 0 Å². The molecule has 0 aliphatic rings. The highest BCUT2D eigenvalue weighted by atomic mass is 16.5. The van der Waals surface area contributed by atoms with Gasteiger partial charge in [-0.05, 0) is 32.9 Å². The van der Waals surface area contributed by atoms with Crippen LogP contribution < -0.4 is 4.74 Å². The van der Waals surface area contributed by atoms with E-state index in [-0.39, 0.29) is 17.2 Å². The average Bonchev–Trinajstić information content (AvgIpc) is 2.14. The SMILES string of the molecule is CN(C)C(=O)c1c(O)cccc1OC(C)(C)C. The average molecular weight is 237 g/mol. The molecule has 1 N–H and O–H groups in total. The maximum Gasteiger partial charge on any atom is 0.260 e. The molecule has 0 fully saturated rings. The van der Waals surface area contributed by atoms with Gasteiger partial charge in [-0.1, -0.05) is 6.07 Å². The Morgan fingerprint density at radius 2 is 1.88 bits per heavy atom. The smallest absolute Gasteiger partial charge is 0.260 e. The Morgan fingerprint density at radius 1 is 1.29 bits per heavy atom. The van der Waals surface area contributed by atoms with Gasteiger partial charge >= 0.3 is 0 Å². The van der Waals surface area contributed by atoms with Crippen molar-refractivity contribution < 1.29 is 14.6 Å². The Hall–Kier alpha value is -1.71. The van der Waals surface area contributed by atoms with Crippen LogP contribution in [0.3, 0.4) is 0 Å². The number of rotatable bonds is 2. The number of nitrogens with zero attached hydrogens (tertiary/aromatic N) is 1. The van der Waals surface area contributed by atoms with E-state index in [2.05, 4.69) is 0 Å². The summed E-state index contributed by atoms with van der Waals surface area (Å²) in [6.07, 6.45) is 0. The molecule has 17 heavy (non-hydrogen) atoms. The molecule has 0 saturated carbocycles. The highest BCUT2D eigenvalue weighted by Crippen LogP contribution is 2.30. The van der Waals surface area contributed by atoms with Crippen molar-refractivity contribution >= 4 is 5.91 Å². The van der Waals surface area contributed by atoms with E-state index in [0.717, 1.165) is 0 Å². The fourth-order valence-electron chi connectivity index (χ4n) is 1.37. The second-order valence-electron chi connectivity index (χ2n) is 5.06. The molecule has 0 aromatic heterocycles. The van der Waals surface area contributed by atoms with Gasteiger partial charge in [0.2, 0.25) is 0 Å². The van der Waals surface area contributed by atoms with Crippen molar-refractivity contribution in [3.63, 3.8) is 0 Å². The topological polar surface area (TPSA) is 49.8 Å². The molecule has 1 rings (SSSR count). The van der Waals surface area contributed by atoms with Gasteiger partial charge in [0.1, 0.15) is 22.7 Å². The van der Waals surface area contributed by atoms with Crippen LogP contribution in [-0.4, -0.2) is 35.6 Å². The molecule has 0 spiro atoms. The van der Waals surface area contributed by atoms with Crippen molar-refractivity contribution in [2.45, 2.75) is 26.4 Å². The molecule has 0 radical (unpaired) electrons. The number of hydrogen-bond donors (Lipinski definition) is 1. The lowest BCUT2D eigenvalue weighted by Gasteiger charge is -2.24. The number of benzene rings is 1. The van der Waals surface area contributed by atoms with E-state index >= 15 is 0 Å². The summed E-state index contributed by atoms with van der Waals surface area (Å²) in [5.74, 6) is 0.0593. The number of amides is 1. The molecule has 1 aromatic rings. The van der Waals surface area contributed by atoms with Gasteiger partial charge in [-0.2, -0.15) is 0 Å². The molecule has 0 aliphatic carbocycles. The molecule has 1 aromatic carbocycles. The van der Waals surface area contributed by atoms with Crippen LogP contribution in [0.1, 0.15) is 31.1 Å². The summed E-state index contributed by atoms with van der Waals surface area (Å²) in [5, 5.41) is 9.78. The minimum atomic E-state index is -0.421. The number of aromatic hydroxyl groups is 1. The van der Waals surface area contributed by atoms with Crippen LogP contribution in [0.25, 0.3) is 0 Å². The molecule has 0 bridgehead atoms. The van der Waals surface area contributed by atoms with Crippen molar-refractivity contribution in [3.05, 3.63) is 23.8 Å². The molecular weight excluding hydrogens is 218 g/mol. The van der Waals surface area contributed by atoms with Gasteiger partial charge in [0, 0.05) is 14.1 Å². The summed E-state index contributed by atoms with van der Waals surface area (Å²) in [7, 11) is 3.27. The largest absolute Gasteiger partial charge is 0.507 e. The molecule has 94 valence electrons. The summed E-state index contributed by atoms with van der Waals surface area (Å²) in [6, 6.07) is 4.82. The van der Waals surface area contributed by atoms with E-state index in [0.29, 0.717) is 5.75 Å². The van der Waals surface area contributed by atoms with Crippen molar-refractivity contribution in [3.8, 4) is 11.5 Å². The van der Waals surface area contributed by atoms with E-state index in [9.17, 15) is 9.90 Å². The fourth-order valence-corrected chi connectivity index (χ4v) is 1.37. The van der Waals surface area contributed by atoms with Crippen LogP contribution in [0, 0.1) is 0 Å². The Morgan fingerprint density at radius 3 is 2.35 bits per heavy atom. The maximum atomic E-state index is 12.0. The number of carbonyl (C=O) groups is 1. The second kappa shape index (κ2) is 4.65. The Bertz CT molecular complexity index is 419. The molecule has 0 aliphatic heterocycles. The van der Waals surface area contributed by atoms with Gasteiger partial charge in [-0.3, -0.25) is 4.79 Å². The van der Waals surface area contributed by atoms with Gasteiger partial charge in [-0.25, -0.2) is 0 Å². The zero-order valence-electron chi connectivity index (χ0n) is 10.9. The molecule has 0 heterocycles. The number of phenolic OH excluding ortho intramolecular Hbond substituents is 1. The van der Waals surface area contributed by atoms with Crippen molar-refractivity contribution in [1.82, 2.24) is 4.90 Å². The van der Waals surface area contributed by atoms with Crippen molar-refractivity contribution in [1.29, 1.82) is 0 Å². The normalized spacial score (nSPS) is 11.1. The summed E-state index contributed by atoms with van der Waals surface area (Å²) < 4.78 is 5.68. The molecule has 0 unspecified atom stereocenters. The monoisotopic (exact) mass is 237 g/mol. The van der Waals surface area contributed by atoms with E-state index in [1.165, 1.54) is 11.0 Å². The lowest BCUT2D eigenvalue weighted by Crippen LogP contribution is -2.27. The van der Waals surface area contributed by atoms with Crippen LogP contribution in [0.4, 0.5) is 0 Å². The third-order valence-electron chi connectivity index (χ3n) is 2.04. The lowest BCUT2D eigenvalue weighted by atomic mass is 10.1. The van der Waals surface area contributed by atoms with Crippen molar-refractivity contribution in [2.75, 3.05) is 14.1 Å². The highest BCUT2D eigenvalue weighted by molar-refractivity contribution is 5.99. The van der Waals surface area contributed by atoms with Crippen LogP contribution in [0.2, 0.25) is 0 Å². The summed E-state index contributed by atoms with van der Waals surface area (Å²) in [6.45, 7) is 5.67. The molecule has 4 nitrogen and oxygen atoms in total. The summed E-state index contributed by atoms with van der Waals surface area (Å²) in [5.41, 5.74) is -0.220. The minimum Gasteiger partial charge on any atom is -0.507 e. The molecule has 1 amide bonds. The third kappa shape index (κ3) is 3.37. The minimum absolute atomic E-state index is 0.0644. The summed E-state index contributed by atoms with van der Waals surface area (Å²) >= 11 is 0. The van der Waals surface area contributed by atoms with Crippen LogP contribution in [0.15, 0.2) is 18.2 Å². The van der Waals surface area contributed by atoms with E-state index < -0.39 is 5.60 Å². The lowest BCUT2D eigenvalue weighted by molar-refractivity contribution is 0.0805. The quantitative estimate of drug-likeness (QED) is 0.858. The zero-order chi connectivity index (χ0) is 13.2. The van der Waals surface area contributed by atoms with Gasteiger partial charge < -0.3 is 14.7 Å². The first-order chi connectivity index (χ1) is 7.72. The first-order valence-electron chi connectivity index (χ1n) is 5.45. The van der Waals surface area contributed by atoms with E-state index in [1.807, 2.05) is 20.8 Å². The summed E-state index contributed by atoms with van der Waals surface area (Å²) in [4.78, 5) is 13.4. The van der Waals surface area contributed by atoms with Crippen LogP contribution >= 0.6 is 0 Å². The predicted octanol–water partition coefficient (Wildman–Crippen LogP) is 2.27. The fraction of sp³-hybridized carbons (Fsp3) is 0.462. The number of hydrogen-bond acceptors (Lipinski definition) is 3. The van der Waals surface area contributed by atoms with Gasteiger partial charge in [0.05, 0.1) is 0 Å². The first-order valence-corrected chi connectivity index (χ1v) is 5.45. The van der Waals surface area contributed by atoms with Gasteiger partial charge in [-0.15, -0.1) is 0 Å². The molecule has 4 heteroatoms. The second-order valence-corrected chi connectivity index (χ2v) is 5.06. The number of carbonyl (C=O) groups excluding carboxylic acids is 1. The van der Waals surface area contributed by atoms with Crippen molar-refractivity contribution in [2.24, 2.45) is 0 Å². The number of phenols is 1. The molecule has 0 saturated heterocycles. The third-order valence-corrected chi connectivity index (χ3v) is 2.04. The van der Waals surface area contributed by atoms with Gasteiger partial charge in [0.15, 0.2) is 0 Å².